The first-order chi connectivity index (χ1) is 10.7. The molecule has 2 saturated heterocycles. The van der Waals surface area contributed by atoms with Gasteiger partial charge in [0.1, 0.15) is 6.10 Å². The number of aromatic nitrogens is 2. The Hall–Kier alpha value is -1.69. The highest BCUT2D eigenvalue weighted by Gasteiger charge is 2.47. The number of hydrogen-bond acceptors (Lipinski definition) is 5. The Kier molecular flexibility index (Phi) is 3.48. The molecule has 118 valence electrons. The van der Waals surface area contributed by atoms with Gasteiger partial charge in [0.25, 0.3) is 0 Å². The fourth-order valence-corrected chi connectivity index (χ4v) is 3.53. The summed E-state index contributed by atoms with van der Waals surface area (Å²) in [5.74, 6) is 0.597. The molecule has 6 heteroatoms. The lowest BCUT2D eigenvalue weighted by Gasteiger charge is -2.39. The lowest BCUT2D eigenvalue weighted by atomic mass is 9.89. The molecule has 3 aliphatic rings. The van der Waals surface area contributed by atoms with Crippen LogP contribution in [0.5, 0.6) is 6.01 Å². The number of piperidine rings is 1. The van der Waals surface area contributed by atoms with Gasteiger partial charge in [-0.05, 0) is 31.7 Å². The Bertz CT molecular complexity index is 549. The van der Waals surface area contributed by atoms with Crippen molar-refractivity contribution in [3.05, 3.63) is 18.5 Å². The van der Waals surface area contributed by atoms with Gasteiger partial charge in [-0.2, -0.15) is 0 Å². The highest BCUT2D eigenvalue weighted by Crippen LogP contribution is 2.38. The van der Waals surface area contributed by atoms with Crippen LogP contribution in [0.15, 0.2) is 18.5 Å². The van der Waals surface area contributed by atoms with Crippen LogP contribution in [0.4, 0.5) is 0 Å². The summed E-state index contributed by atoms with van der Waals surface area (Å²) in [6.45, 7) is 2.12. The Morgan fingerprint density at radius 3 is 2.95 bits per heavy atom. The van der Waals surface area contributed by atoms with Crippen molar-refractivity contribution in [2.24, 2.45) is 5.92 Å². The smallest absolute Gasteiger partial charge is 0.316 e. The van der Waals surface area contributed by atoms with Gasteiger partial charge in [-0.3, -0.25) is 4.79 Å². The molecule has 1 saturated carbocycles. The second kappa shape index (κ2) is 5.50. The second-order valence-electron chi connectivity index (χ2n) is 6.61. The van der Waals surface area contributed by atoms with Crippen molar-refractivity contribution in [2.75, 3.05) is 19.7 Å². The van der Waals surface area contributed by atoms with Gasteiger partial charge in [-0.25, -0.2) is 9.97 Å². The molecular formula is C16H21N3O3. The fourth-order valence-electron chi connectivity index (χ4n) is 3.53. The van der Waals surface area contributed by atoms with Crippen LogP contribution < -0.4 is 4.74 Å². The lowest BCUT2D eigenvalue weighted by Crippen LogP contribution is -2.50. The van der Waals surface area contributed by atoms with Crippen molar-refractivity contribution in [3.63, 3.8) is 0 Å². The van der Waals surface area contributed by atoms with Crippen LogP contribution in [-0.2, 0) is 9.53 Å². The number of likely N-dealkylation sites (tertiary alicyclic amines) is 1. The summed E-state index contributed by atoms with van der Waals surface area (Å²) >= 11 is 0. The highest BCUT2D eigenvalue weighted by atomic mass is 16.6. The maximum atomic E-state index is 12.3. The molecule has 22 heavy (non-hydrogen) atoms. The number of hydrogen-bond donors (Lipinski definition) is 0. The van der Waals surface area contributed by atoms with E-state index in [1.54, 1.807) is 18.5 Å². The number of amides is 1. The van der Waals surface area contributed by atoms with E-state index in [2.05, 4.69) is 9.97 Å². The molecule has 3 fully saturated rings. The van der Waals surface area contributed by atoms with Crippen LogP contribution in [0.1, 0.15) is 32.1 Å². The largest absolute Gasteiger partial charge is 0.458 e. The zero-order valence-corrected chi connectivity index (χ0v) is 12.6. The quantitative estimate of drug-likeness (QED) is 0.845. The van der Waals surface area contributed by atoms with Crippen molar-refractivity contribution < 1.29 is 14.3 Å². The van der Waals surface area contributed by atoms with Gasteiger partial charge in [0.2, 0.25) is 5.91 Å². The minimum Gasteiger partial charge on any atom is -0.458 e. The van der Waals surface area contributed by atoms with Crippen LogP contribution in [0, 0.1) is 5.92 Å². The molecule has 2 atom stereocenters. The van der Waals surface area contributed by atoms with E-state index in [-0.39, 0.29) is 17.6 Å². The first kappa shape index (κ1) is 13.9. The number of nitrogens with zero attached hydrogens (tertiary/aromatic N) is 3. The molecule has 1 aromatic rings. The summed E-state index contributed by atoms with van der Waals surface area (Å²) in [7, 11) is 0. The third kappa shape index (κ3) is 2.79. The van der Waals surface area contributed by atoms with Crippen LogP contribution in [0.3, 0.4) is 0 Å². The molecule has 0 N–H and O–H groups in total. The number of ether oxygens (including phenoxy) is 2. The van der Waals surface area contributed by atoms with E-state index in [0.29, 0.717) is 25.1 Å². The maximum absolute atomic E-state index is 12.3. The zero-order valence-electron chi connectivity index (χ0n) is 12.6. The number of carbonyl (C=O) groups excluding carboxylic acids is 1. The summed E-state index contributed by atoms with van der Waals surface area (Å²) in [5.41, 5.74) is -0.234. The average Bonchev–Trinajstić information content (AvgIpc) is 3.33. The molecular weight excluding hydrogens is 282 g/mol. The molecule has 0 bridgehead atoms. The van der Waals surface area contributed by atoms with E-state index in [4.69, 9.17) is 9.47 Å². The SMILES string of the molecule is O=C(C1CC1)N1CCC[C@@]2(C[C@@H](Oc3ncccn3)CO2)C1. The molecule has 1 amide bonds. The molecule has 0 aromatic carbocycles. The van der Waals surface area contributed by atoms with Crippen molar-refractivity contribution in [1.82, 2.24) is 14.9 Å². The van der Waals surface area contributed by atoms with E-state index < -0.39 is 0 Å². The Balaban J connectivity index is 1.39. The average molecular weight is 303 g/mol. The molecule has 1 aromatic heterocycles. The predicted octanol–water partition coefficient (Wildman–Crippen LogP) is 1.42. The van der Waals surface area contributed by atoms with Gasteiger partial charge >= 0.3 is 6.01 Å². The molecule has 6 nitrogen and oxygen atoms in total. The molecule has 4 rings (SSSR count). The van der Waals surface area contributed by atoms with E-state index in [1.807, 2.05) is 4.90 Å². The summed E-state index contributed by atoms with van der Waals surface area (Å²) in [5, 5.41) is 0. The van der Waals surface area contributed by atoms with E-state index in [0.717, 1.165) is 38.6 Å². The Labute approximate surface area is 129 Å². The zero-order chi connectivity index (χ0) is 15.0. The van der Waals surface area contributed by atoms with Crippen molar-refractivity contribution >= 4 is 5.91 Å². The molecule has 3 heterocycles. The molecule has 0 unspecified atom stereocenters. The maximum Gasteiger partial charge on any atom is 0.316 e. The lowest BCUT2D eigenvalue weighted by molar-refractivity contribution is -0.140. The van der Waals surface area contributed by atoms with Gasteiger partial charge in [-0.1, -0.05) is 0 Å². The summed E-state index contributed by atoms with van der Waals surface area (Å²) < 4.78 is 11.9. The monoisotopic (exact) mass is 303 g/mol. The van der Waals surface area contributed by atoms with E-state index in [9.17, 15) is 4.79 Å². The first-order valence-electron chi connectivity index (χ1n) is 8.11. The molecule has 1 spiro atoms. The number of carbonyl (C=O) groups is 1. The summed E-state index contributed by atoms with van der Waals surface area (Å²) in [4.78, 5) is 22.5. The standard InChI is InChI=1S/C16H21N3O3/c20-14(12-3-4-12)19-8-1-5-16(11-19)9-13(10-21-16)22-15-17-6-2-7-18-15/h2,6-7,12-13H,1,3-5,8-11H2/t13-,16-/m1/s1. The topological polar surface area (TPSA) is 64.6 Å². The van der Waals surface area contributed by atoms with Crippen LogP contribution >= 0.6 is 0 Å². The summed E-state index contributed by atoms with van der Waals surface area (Å²) in [6.07, 6.45) is 8.23. The van der Waals surface area contributed by atoms with Crippen LogP contribution in [0.2, 0.25) is 0 Å². The van der Waals surface area contributed by atoms with Gasteiger partial charge in [0.05, 0.1) is 12.2 Å². The second-order valence-corrected chi connectivity index (χ2v) is 6.61. The minimum atomic E-state index is -0.234. The highest BCUT2D eigenvalue weighted by molar-refractivity contribution is 5.81. The van der Waals surface area contributed by atoms with Gasteiger partial charge < -0.3 is 14.4 Å². The van der Waals surface area contributed by atoms with Crippen molar-refractivity contribution in [3.8, 4) is 6.01 Å². The van der Waals surface area contributed by atoms with Crippen molar-refractivity contribution in [1.29, 1.82) is 0 Å². The van der Waals surface area contributed by atoms with Gasteiger partial charge in [-0.15, -0.1) is 0 Å². The van der Waals surface area contributed by atoms with Crippen molar-refractivity contribution in [2.45, 2.75) is 43.8 Å². The third-order valence-electron chi connectivity index (χ3n) is 4.77. The minimum absolute atomic E-state index is 0.0293. The van der Waals surface area contributed by atoms with Gasteiger partial charge in [0.15, 0.2) is 0 Å². The third-order valence-corrected chi connectivity index (χ3v) is 4.77. The summed E-state index contributed by atoms with van der Waals surface area (Å²) in [6, 6.07) is 2.16. The number of rotatable bonds is 3. The normalized spacial score (nSPS) is 31.5. The fraction of sp³-hybridized carbons (Fsp3) is 0.688. The van der Waals surface area contributed by atoms with E-state index in [1.165, 1.54) is 0 Å². The first-order valence-corrected chi connectivity index (χ1v) is 8.11. The van der Waals surface area contributed by atoms with Crippen LogP contribution in [0.25, 0.3) is 0 Å². The van der Waals surface area contributed by atoms with E-state index >= 15 is 0 Å². The Morgan fingerprint density at radius 2 is 2.18 bits per heavy atom. The van der Waals surface area contributed by atoms with Crippen LogP contribution in [-0.4, -0.2) is 52.2 Å². The molecule has 2 aliphatic heterocycles. The predicted molar refractivity (Wildman–Crippen MR) is 78.3 cm³/mol. The van der Waals surface area contributed by atoms with Gasteiger partial charge in [0, 0.05) is 37.8 Å². The molecule has 0 radical (unpaired) electrons. The molecule has 1 aliphatic carbocycles. The Morgan fingerprint density at radius 1 is 1.36 bits per heavy atom.